The van der Waals surface area contributed by atoms with Crippen molar-refractivity contribution in [1.29, 1.82) is 5.26 Å². The molecule has 2 aromatic rings. The fourth-order valence-electron chi connectivity index (χ4n) is 2.34. The average Bonchev–Trinajstić information content (AvgIpc) is 2.46. The summed E-state index contributed by atoms with van der Waals surface area (Å²) in [5, 5.41) is 9.35. The second-order valence-corrected chi connectivity index (χ2v) is 5.60. The van der Waals surface area contributed by atoms with Crippen molar-refractivity contribution in [3.63, 3.8) is 0 Å². The van der Waals surface area contributed by atoms with Crippen molar-refractivity contribution in [2.24, 2.45) is 0 Å². The number of hydrogen-bond acceptors (Lipinski definition) is 3. The van der Waals surface area contributed by atoms with E-state index in [1.54, 1.807) is 0 Å². The van der Waals surface area contributed by atoms with Crippen LogP contribution in [0.2, 0.25) is 0 Å². The lowest BCUT2D eigenvalue weighted by molar-refractivity contribution is 0.681. The van der Waals surface area contributed by atoms with Gasteiger partial charge in [-0.15, -0.1) is 0 Å². The lowest BCUT2D eigenvalue weighted by atomic mass is 10.1. The van der Waals surface area contributed by atoms with Gasteiger partial charge in [0.25, 0.3) is 0 Å². The van der Waals surface area contributed by atoms with Crippen LogP contribution in [0.1, 0.15) is 30.5 Å². The molecule has 0 radical (unpaired) electrons. The van der Waals surface area contributed by atoms with Crippen LogP contribution in [0.3, 0.4) is 0 Å². The van der Waals surface area contributed by atoms with Gasteiger partial charge >= 0.3 is 0 Å². The predicted molar refractivity (Wildman–Crippen MR) is 88.1 cm³/mol. The van der Waals surface area contributed by atoms with Crippen molar-refractivity contribution in [1.82, 2.24) is 0 Å². The summed E-state index contributed by atoms with van der Waals surface area (Å²) < 4.78 is 0. The van der Waals surface area contributed by atoms with Gasteiger partial charge in [0.1, 0.15) is 6.07 Å². The van der Waals surface area contributed by atoms with E-state index in [0.717, 1.165) is 23.5 Å². The van der Waals surface area contributed by atoms with Crippen LogP contribution in [0.5, 0.6) is 0 Å². The number of aryl methyl sites for hydroxylation is 1. The van der Waals surface area contributed by atoms with Gasteiger partial charge in [-0.2, -0.15) is 5.26 Å². The molecule has 0 aromatic heterocycles. The Balaban J connectivity index is 2.38. The Labute approximate surface area is 126 Å². The summed E-state index contributed by atoms with van der Waals surface area (Å²) in [4.78, 5) is 2.25. The Hall–Kier alpha value is -2.47. The second kappa shape index (κ2) is 6.32. The minimum absolute atomic E-state index is 0.302. The maximum atomic E-state index is 9.35. The molecule has 0 saturated carbocycles. The molecule has 0 unspecified atom stereocenters. The predicted octanol–water partition coefficient (Wildman–Crippen LogP) is 3.86. The topological polar surface area (TPSA) is 53.0 Å². The van der Waals surface area contributed by atoms with E-state index >= 15 is 0 Å². The minimum Gasteiger partial charge on any atom is -0.399 e. The van der Waals surface area contributed by atoms with E-state index in [0.29, 0.717) is 11.6 Å². The monoisotopic (exact) mass is 279 g/mol. The summed E-state index contributed by atoms with van der Waals surface area (Å²) in [6, 6.07) is 16.4. The highest BCUT2D eigenvalue weighted by Crippen LogP contribution is 2.26. The number of rotatable bonds is 4. The Kier molecular flexibility index (Phi) is 4.49. The number of nitrogens with two attached hydrogens (primary N) is 1. The first-order valence-electron chi connectivity index (χ1n) is 7.13. The molecular weight excluding hydrogens is 258 g/mol. The fraction of sp³-hybridized carbons (Fsp3) is 0.278. The molecule has 0 fully saturated rings. The molecule has 0 bridgehead atoms. The highest BCUT2D eigenvalue weighted by molar-refractivity contribution is 5.61. The SMILES string of the molecule is Cc1ccc(C#N)c(N(Cc2ccc(N)cc2)C(C)C)c1. The first kappa shape index (κ1) is 14.9. The van der Waals surface area contributed by atoms with Crippen LogP contribution in [0.15, 0.2) is 42.5 Å². The zero-order chi connectivity index (χ0) is 15.4. The standard InChI is InChI=1S/C18H21N3/c1-13(2)21(12-15-5-8-17(20)9-6-15)18-10-14(3)4-7-16(18)11-19/h4-10,13H,12,20H2,1-3H3. The first-order valence-corrected chi connectivity index (χ1v) is 7.13. The van der Waals surface area contributed by atoms with Crippen LogP contribution >= 0.6 is 0 Å². The third-order valence-corrected chi connectivity index (χ3v) is 3.54. The first-order chi connectivity index (χ1) is 10.0. The lowest BCUT2D eigenvalue weighted by Crippen LogP contribution is -2.30. The molecule has 0 atom stereocenters. The van der Waals surface area contributed by atoms with Crippen LogP contribution in [0.4, 0.5) is 11.4 Å². The molecule has 21 heavy (non-hydrogen) atoms. The molecule has 2 rings (SSSR count). The smallest absolute Gasteiger partial charge is 0.101 e. The van der Waals surface area contributed by atoms with Crippen LogP contribution < -0.4 is 10.6 Å². The van der Waals surface area contributed by atoms with Gasteiger partial charge in [-0.1, -0.05) is 18.2 Å². The van der Waals surface area contributed by atoms with Crippen molar-refractivity contribution >= 4 is 11.4 Å². The zero-order valence-corrected chi connectivity index (χ0v) is 12.8. The Morgan fingerprint density at radius 2 is 1.81 bits per heavy atom. The van der Waals surface area contributed by atoms with E-state index in [-0.39, 0.29) is 0 Å². The molecule has 3 heteroatoms. The van der Waals surface area contributed by atoms with Gasteiger partial charge in [0.2, 0.25) is 0 Å². The molecule has 0 spiro atoms. The quantitative estimate of drug-likeness (QED) is 0.864. The molecule has 0 amide bonds. The summed E-state index contributed by atoms with van der Waals surface area (Å²) >= 11 is 0. The van der Waals surface area contributed by atoms with Gasteiger partial charge < -0.3 is 10.6 Å². The van der Waals surface area contributed by atoms with Crippen LogP contribution in [0.25, 0.3) is 0 Å². The van der Waals surface area contributed by atoms with Crippen molar-refractivity contribution in [2.45, 2.75) is 33.4 Å². The lowest BCUT2D eigenvalue weighted by Gasteiger charge is -2.30. The third-order valence-electron chi connectivity index (χ3n) is 3.54. The number of nitrogen functional groups attached to an aromatic ring is 1. The van der Waals surface area contributed by atoms with Gasteiger partial charge in [0.05, 0.1) is 11.3 Å². The summed E-state index contributed by atoms with van der Waals surface area (Å²) in [6.45, 7) is 7.09. The van der Waals surface area contributed by atoms with Gasteiger partial charge in [-0.3, -0.25) is 0 Å². The number of hydrogen-bond donors (Lipinski definition) is 1. The second-order valence-electron chi connectivity index (χ2n) is 5.60. The Morgan fingerprint density at radius 3 is 2.38 bits per heavy atom. The molecule has 0 aliphatic carbocycles. The van der Waals surface area contributed by atoms with E-state index < -0.39 is 0 Å². The number of anilines is 2. The van der Waals surface area contributed by atoms with Gasteiger partial charge in [-0.25, -0.2) is 0 Å². The molecular formula is C18H21N3. The molecule has 0 heterocycles. The highest BCUT2D eigenvalue weighted by atomic mass is 15.2. The van der Waals surface area contributed by atoms with E-state index in [1.807, 2.05) is 43.3 Å². The van der Waals surface area contributed by atoms with E-state index in [2.05, 4.69) is 30.9 Å². The molecule has 2 aromatic carbocycles. The van der Waals surface area contributed by atoms with E-state index in [1.165, 1.54) is 5.56 Å². The number of nitriles is 1. The largest absolute Gasteiger partial charge is 0.399 e. The fourth-order valence-corrected chi connectivity index (χ4v) is 2.34. The summed E-state index contributed by atoms with van der Waals surface area (Å²) in [5.41, 5.74) is 10.5. The van der Waals surface area contributed by atoms with Gasteiger partial charge in [0, 0.05) is 18.3 Å². The van der Waals surface area contributed by atoms with Crippen LogP contribution in [-0.4, -0.2) is 6.04 Å². The summed E-state index contributed by atoms with van der Waals surface area (Å²) in [6.07, 6.45) is 0. The van der Waals surface area contributed by atoms with Crippen molar-refractivity contribution < 1.29 is 0 Å². The molecule has 108 valence electrons. The molecule has 3 nitrogen and oxygen atoms in total. The molecule has 0 saturated heterocycles. The average molecular weight is 279 g/mol. The molecule has 0 aliphatic heterocycles. The number of benzene rings is 2. The van der Waals surface area contributed by atoms with E-state index in [9.17, 15) is 5.26 Å². The third kappa shape index (κ3) is 3.55. The molecule has 0 aliphatic rings. The van der Waals surface area contributed by atoms with Crippen LogP contribution in [-0.2, 0) is 6.54 Å². The Bertz CT molecular complexity index is 651. The maximum Gasteiger partial charge on any atom is 0.101 e. The Morgan fingerprint density at radius 1 is 1.14 bits per heavy atom. The number of nitrogens with zero attached hydrogens (tertiary/aromatic N) is 2. The normalized spacial score (nSPS) is 10.4. The van der Waals surface area contributed by atoms with Gasteiger partial charge in [0.15, 0.2) is 0 Å². The van der Waals surface area contributed by atoms with Crippen molar-refractivity contribution in [2.75, 3.05) is 10.6 Å². The van der Waals surface area contributed by atoms with Crippen LogP contribution in [0, 0.1) is 18.3 Å². The summed E-state index contributed by atoms with van der Waals surface area (Å²) in [5.74, 6) is 0. The van der Waals surface area contributed by atoms with Crippen molar-refractivity contribution in [3.05, 3.63) is 59.2 Å². The maximum absolute atomic E-state index is 9.35. The van der Waals surface area contributed by atoms with Crippen molar-refractivity contribution in [3.8, 4) is 6.07 Å². The minimum atomic E-state index is 0.302. The van der Waals surface area contributed by atoms with E-state index in [4.69, 9.17) is 5.73 Å². The summed E-state index contributed by atoms with van der Waals surface area (Å²) in [7, 11) is 0. The highest BCUT2D eigenvalue weighted by Gasteiger charge is 2.15. The molecule has 2 N–H and O–H groups in total. The zero-order valence-electron chi connectivity index (χ0n) is 12.8. The van der Waals surface area contributed by atoms with Gasteiger partial charge in [-0.05, 0) is 56.2 Å².